The molecule has 168 valence electrons. The second-order valence-corrected chi connectivity index (χ2v) is 8.66. The minimum Gasteiger partial charge on any atom is -0.459 e. The van der Waals surface area contributed by atoms with Crippen LogP contribution in [0, 0.1) is 0 Å². The van der Waals surface area contributed by atoms with Crippen LogP contribution in [0.2, 0.25) is 0 Å². The molecule has 2 aliphatic rings. The monoisotopic (exact) mass is 443 g/mol. The number of rotatable bonds is 4. The van der Waals surface area contributed by atoms with Gasteiger partial charge in [-0.25, -0.2) is 0 Å². The Labute approximate surface area is 192 Å². The number of amides is 3. The van der Waals surface area contributed by atoms with Gasteiger partial charge in [-0.15, -0.1) is 0 Å². The molecule has 33 heavy (non-hydrogen) atoms. The van der Waals surface area contributed by atoms with Crippen LogP contribution < -0.4 is 15.1 Å². The van der Waals surface area contributed by atoms with Crippen molar-refractivity contribution in [1.29, 1.82) is 0 Å². The first-order valence-electron chi connectivity index (χ1n) is 11.1. The fourth-order valence-corrected chi connectivity index (χ4v) is 4.35. The molecule has 1 unspecified atom stereocenters. The Morgan fingerprint density at radius 1 is 0.970 bits per heavy atom. The zero-order valence-electron chi connectivity index (χ0n) is 18.6. The molecule has 0 saturated heterocycles. The molecule has 1 fully saturated rings. The number of benzene rings is 2. The Hall–Kier alpha value is -3.87. The van der Waals surface area contributed by atoms with Crippen LogP contribution in [0.4, 0.5) is 11.4 Å². The molecular formula is C26H25N3O4. The van der Waals surface area contributed by atoms with Gasteiger partial charge in [-0.05, 0) is 67.3 Å². The molecule has 0 bridgehead atoms. The van der Waals surface area contributed by atoms with E-state index < -0.39 is 0 Å². The summed E-state index contributed by atoms with van der Waals surface area (Å²) in [6.45, 7) is 3.79. The van der Waals surface area contributed by atoms with E-state index in [1.807, 2.05) is 43.3 Å². The lowest BCUT2D eigenvalue weighted by atomic mass is 9.99. The van der Waals surface area contributed by atoms with Crippen LogP contribution in [-0.2, 0) is 4.79 Å². The van der Waals surface area contributed by atoms with Crippen LogP contribution in [-0.4, -0.2) is 36.3 Å². The molecule has 1 aliphatic heterocycles. The van der Waals surface area contributed by atoms with Gasteiger partial charge in [0.15, 0.2) is 5.76 Å². The average Bonchev–Trinajstić information content (AvgIpc) is 3.45. The Kier molecular flexibility index (Phi) is 5.24. The summed E-state index contributed by atoms with van der Waals surface area (Å²) < 4.78 is 5.35. The number of hydrogen-bond acceptors (Lipinski definition) is 4. The zero-order valence-corrected chi connectivity index (χ0v) is 18.6. The Bertz CT molecular complexity index is 1230. The molecule has 3 aromatic rings. The van der Waals surface area contributed by atoms with Crippen LogP contribution in [0.3, 0.4) is 0 Å². The van der Waals surface area contributed by atoms with Gasteiger partial charge in [-0.3, -0.25) is 14.4 Å². The number of nitrogens with one attached hydrogen (secondary N) is 1. The summed E-state index contributed by atoms with van der Waals surface area (Å²) >= 11 is 0. The maximum Gasteiger partial charge on any atom is 0.294 e. The van der Waals surface area contributed by atoms with E-state index >= 15 is 0 Å². The molecular weight excluding hydrogens is 418 g/mol. The number of furan rings is 1. The fourth-order valence-electron chi connectivity index (χ4n) is 4.35. The van der Waals surface area contributed by atoms with Crippen molar-refractivity contribution in [3.63, 3.8) is 0 Å². The highest BCUT2D eigenvalue weighted by Crippen LogP contribution is 2.39. The molecule has 1 aromatic heterocycles. The molecule has 7 nitrogen and oxygen atoms in total. The third-order valence-corrected chi connectivity index (χ3v) is 6.10. The van der Waals surface area contributed by atoms with Crippen LogP contribution in [0.25, 0.3) is 11.1 Å². The molecule has 5 rings (SSSR count). The van der Waals surface area contributed by atoms with E-state index in [1.54, 1.807) is 28.0 Å². The minimum atomic E-state index is -0.258. The summed E-state index contributed by atoms with van der Waals surface area (Å²) in [6.07, 6.45) is 3.53. The lowest BCUT2D eigenvalue weighted by Gasteiger charge is -2.40. The molecule has 0 radical (unpaired) electrons. The van der Waals surface area contributed by atoms with Gasteiger partial charge in [-0.2, -0.15) is 0 Å². The third kappa shape index (κ3) is 4.02. The predicted molar refractivity (Wildman–Crippen MR) is 125 cm³/mol. The van der Waals surface area contributed by atoms with Gasteiger partial charge in [0, 0.05) is 25.1 Å². The summed E-state index contributed by atoms with van der Waals surface area (Å²) in [7, 11) is 0. The normalized spacial score (nSPS) is 17.5. The third-order valence-electron chi connectivity index (χ3n) is 6.10. The first-order chi connectivity index (χ1) is 15.9. The number of anilines is 2. The zero-order chi connectivity index (χ0) is 23.1. The van der Waals surface area contributed by atoms with E-state index in [2.05, 4.69) is 5.32 Å². The highest BCUT2D eigenvalue weighted by molar-refractivity contribution is 6.10. The maximum absolute atomic E-state index is 13.2. The second-order valence-electron chi connectivity index (χ2n) is 8.66. The topological polar surface area (TPSA) is 82.9 Å². The Morgan fingerprint density at radius 3 is 2.45 bits per heavy atom. The SMILES string of the molecule is CC(=O)N1c2ccc(-c3cccc(C(=O)NC4CC4)c3)cc2N(C(=O)c2ccco2)CC1C. The predicted octanol–water partition coefficient (Wildman–Crippen LogP) is 4.24. The highest BCUT2D eigenvalue weighted by atomic mass is 16.3. The lowest BCUT2D eigenvalue weighted by Crippen LogP contribution is -2.51. The molecule has 2 heterocycles. The summed E-state index contributed by atoms with van der Waals surface area (Å²) in [6, 6.07) is 16.5. The number of carbonyl (C=O) groups excluding carboxylic acids is 3. The van der Waals surface area contributed by atoms with Crippen LogP contribution in [0.15, 0.2) is 65.3 Å². The largest absolute Gasteiger partial charge is 0.459 e. The summed E-state index contributed by atoms with van der Waals surface area (Å²) in [5.41, 5.74) is 3.62. The van der Waals surface area contributed by atoms with Gasteiger partial charge < -0.3 is 19.5 Å². The Balaban J connectivity index is 1.55. The van der Waals surface area contributed by atoms with E-state index in [4.69, 9.17) is 4.42 Å². The first kappa shape index (κ1) is 21.0. The molecule has 1 saturated carbocycles. The molecule has 1 N–H and O–H groups in total. The summed E-state index contributed by atoms with van der Waals surface area (Å²) in [5.74, 6) is -0.177. The van der Waals surface area contributed by atoms with E-state index in [1.165, 1.54) is 13.2 Å². The molecule has 1 aliphatic carbocycles. The van der Waals surface area contributed by atoms with E-state index in [9.17, 15) is 14.4 Å². The smallest absolute Gasteiger partial charge is 0.294 e. The van der Waals surface area contributed by atoms with Crippen LogP contribution >= 0.6 is 0 Å². The van der Waals surface area contributed by atoms with Crippen molar-refractivity contribution in [3.8, 4) is 11.1 Å². The standard InChI is InChI=1S/C26H25N3O4/c1-16-15-28(26(32)24-7-4-12-33-24)23-14-19(8-11-22(23)29(16)17(2)30)18-5-3-6-20(13-18)25(31)27-21-9-10-21/h3-8,11-14,16,21H,9-10,15H2,1-2H3,(H,27,31). The lowest BCUT2D eigenvalue weighted by molar-refractivity contribution is -0.117. The van der Waals surface area contributed by atoms with Crippen molar-refractivity contribution in [2.45, 2.75) is 38.8 Å². The maximum atomic E-state index is 13.2. The summed E-state index contributed by atoms with van der Waals surface area (Å²) in [5, 5.41) is 3.01. The number of carbonyl (C=O) groups is 3. The fraction of sp³-hybridized carbons (Fsp3) is 0.269. The number of fused-ring (bicyclic) bond motifs is 1. The van der Waals surface area contributed by atoms with Gasteiger partial charge >= 0.3 is 0 Å². The van der Waals surface area contributed by atoms with Gasteiger partial charge in [0.2, 0.25) is 5.91 Å². The van der Waals surface area contributed by atoms with Crippen molar-refractivity contribution in [2.75, 3.05) is 16.3 Å². The van der Waals surface area contributed by atoms with E-state index in [0.29, 0.717) is 23.5 Å². The molecule has 3 amide bonds. The van der Waals surface area contributed by atoms with Gasteiger partial charge in [-0.1, -0.05) is 18.2 Å². The molecule has 1 atom stereocenters. The molecule has 7 heteroatoms. The summed E-state index contributed by atoms with van der Waals surface area (Å²) in [4.78, 5) is 41.5. The quantitative estimate of drug-likeness (QED) is 0.654. The van der Waals surface area contributed by atoms with Crippen molar-refractivity contribution < 1.29 is 18.8 Å². The van der Waals surface area contributed by atoms with Crippen molar-refractivity contribution in [3.05, 3.63) is 72.2 Å². The average molecular weight is 444 g/mol. The second kappa shape index (κ2) is 8.24. The van der Waals surface area contributed by atoms with E-state index in [0.717, 1.165) is 24.0 Å². The van der Waals surface area contributed by atoms with Crippen LogP contribution in [0.1, 0.15) is 47.6 Å². The van der Waals surface area contributed by atoms with Gasteiger partial charge in [0.05, 0.1) is 23.7 Å². The van der Waals surface area contributed by atoms with Gasteiger partial charge in [0.1, 0.15) is 0 Å². The van der Waals surface area contributed by atoms with Crippen molar-refractivity contribution in [2.24, 2.45) is 0 Å². The Morgan fingerprint density at radius 2 is 1.76 bits per heavy atom. The molecule has 0 spiro atoms. The first-order valence-corrected chi connectivity index (χ1v) is 11.1. The van der Waals surface area contributed by atoms with Gasteiger partial charge in [0.25, 0.3) is 11.8 Å². The number of nitrogens with zero attached hydrogens (tertiary/aromatic N) is 2. The van der Waals surface area contributed by atoms with Crippen molar-refractivity contribution >= 4 is 29.1 Å². The van der Waals surface area contributed by atoms with Crippen LogP contribution in [0.5, 0.6) is 0 Å². The number of hydrogen-bond donors (Lipinski definition) is 1. The highest BCUT2D eigenvalue weighted by Gasteiger charge is 2.35. The molecule has 2 aromatic carbocycles. The van der Waals surface area contributed by atoms with E-state index in [-0.39, 0.29) is 35.6 Å². The van der Waals surface area contributed by atoms with Crippen molar-refractivity contribution in [1.82, 2.24) is 5.32 Å². The minimum absolute atomic E-state index is 0.0801.